The number of benzene rings is 1. The lowest BCUT2D eigenvalue weighted by molar-refractivity contribution is -0.149. The number of esters is 1. The third-order valence-corrected chi connectivity index (χ3v) is 9.15. The number of hydrogen-bond donors (Lipinski definition) is 0. The monoisotopic (exact) mass is 554 g/mol. The van der Waals surface area contributed by atoms with Crippen LogP contribution in [0.2, 0.25) is 0 Å². The van der Waals surface area contributed by atoms with Crippen LogP contribution >= 0.6 is 11.8 Å². The summed E-state index contributed by atoms with van der Waals surface area (Å²) in [5.74, 6) is 1.80. The Kier molecular flexibility index (Phi) is 10.6. The van der Waals surface area contributed by atoms with Crippen molar-refractivity contribution in [2.45, 2.75) is 91.4 Å². The van der Waals surface area contributed by atoms with Gasteiger partial charge in [-0.05, 0) is 83.2 Å². The van der Waals surface area contributed by atoms with Gasteiger partial charge in [0.05, 0.1) is 19.3 Å². The number of ketones is 1. The molecule has 5 nitrogen and oxygen atoms in total. The second-order valence-corrected chi connectivity index (χ2v) is 13.5. The molecule has 214 valence electrons. The van der Waals surface area contributed by atoms with Gasteiger partial charge >= 0.3 is 5.97 Å². The summed E-state index contributed by atoms with van der Waals surface area (Å²) in [7, 11) is 1.61. The molecule has 0 aliphatic heterocycles. The van der Waals surface area contributed by atoms with Gasteiger partial charge < -0.3 is 14.2 Å². The maximum Gasteiger partial charge on any atom is 0.339 e. The minimum absolute atomic E-state index is 0.0853. The number of thioether (sulfide) groups is 1. The zero-order chi connectivity index (χ0) is 28.8. The Morgan fingerprint density at radius 1 is 1.05 bits per heavy atom. The van der Waals surface area contributed by atoms with E-state index in [0.29, 0.717) is 23.5 Å². The van der Waals surface area contributed by atoms with Crippen molar-refractivity contribution in [3.05, 3.63) is 64.5 Å². The van der Waals surface area contributed by atoms with Crippen molar-refractivity contribution in [3.63, 3.8) is 0 Å². The van der Waals surface area contributed by atoms with Crippen molar-refractivity contribution in [2.75, 3.05) is 19.5 Å². The van der Waals surface area contributed by atoms with E-state index >= 15 is 0 Å². The van der Waals surface area contributed by atoms with Crippen molar-refractivity contribution in [1.82, 2.24) is 0 Å². The highest BCUT2D eigenvalue weighted by molar-refractivity contribution is 7.99. The molecule has 0 radical (unpaired) electrons. The largest absolute Gasteiger partial charge is 0.500 e. The summed E-state index contributed by atoms with van der Waals surface area (Å²) in [6, 6.07) is 7.35. The van der Waals surface area contributed by atoms with Crippen LogP contribution in [0.3, 0.4) is 0 Å². The molecule has 1 aromatic rings. The van der Waals surface area contributed by atoms with Crippen molar-refractivity contribution >= 4 is 23.5 Å². The summed E-state index contributed by atoms with van der Waals surface area (Å²) in [5.41, 5.74) is 1.76. The Bertz CT molecular complexity index is 1110. The maximum absolute atomic E-state index is 13.1. The van der Waals surface area contributed by atoms with Gasteiger partial charge in [-0.2, -0.15) is 11.8 Å². The van der Waals surface area contributed by atoms with E-state index in [1.54, 1.807) is 13.2 Å². The number of rotatable bonds is 10. The van der Waals surface area contributed by atoms with Gasteiger partial charge in [0.1, 0.15) is 17.1 Å². The van der Waals surface area contributed by atoms with Crippen molar-refractivity contribution in [2.24, 2.45) is 11.3 Å². The number of allylic oxidation sites excluding steroid dienone is 3. The number of carbonyl (C=O) groups is 2. The molecule has 0 saturated heterocycles. The Balaban J connectivity index is 1.66. The standard InChI is InChI=1S/C33H46O5S/c1-22-29(31(35)38-32(3,4)5)23(2)33(6,7)27(30(22)36-8)18-19-28(34)24-14-16-25(17-15-24)37-20-21-39-26-12-10-9-11-13-26/h14-19,26-27H,9-13,20-21H2,1-8H3. The number of hydrogen-bond acceptors (Lipinski definition) is 6. The molecule has 0 spiro atoms. The fraction of sp³-hybridized carbons (Fsp3) is 0.576. The fourth-order valence-corrected chi connectivity index (χ4v) is 6.55. The van der Waals surface area contributed by atoms with E-state index in [4.69, 9.17) is 14.2 Å². The second kappa shape index (κ2) is 13.3. The highest BCUT2D eigenvalue weighted by Gasteiger charge is 2.42. The van der Waals surface area contributed by atoms with Gasteiger partial charge in [0.2, 0.25) is 0 Å². The Morgan fingerprint density at radius 2 is 1.69 bits per heavy atom. The van der Waals surface area contributed by atoms with Crippen LogP contribution in [0.15, 0.2) is 58.9 Å². The van der Waals surface area contributed by atoms with Crippen molar-refractivity contribution in [1.29, 1.82) is 0 Å². The van der Waals surface area contributed by atoms with Gasteiger partial charge in [-0.1, -0.05) is 44.8 Å². The van der Waals surface area contributed by atoms with Crippen LogP contribution in [0.25, 0.3) is 0 Å². The molecule has 1 unspecified atom stereocenters. The molecular weight excluding hydrogens is 508 g/mol. The molecule has 2 aliphatic carbocycles. The van der Waals surface area contributed by atoms with Gasteiger partial charge in [0, 0.05) is 28.1 Å². The fourth-order valence-electron chi connectivity index (χ4n) is 5.37. The van der Waals surface area contributed by atoms with Crippen LogP contribution in [-0.2, 0) is 14.3 Å². The smallest absolute Gasteiger partial charge is 0.339 e. The number of methoxy groups -OCH3 is 1. The summed E-state index contributed by atoms with van der Waals surface area (Å²) < 4.78 is 17.4. The molecule has 1 fully saturated rings. The summed E-state index contributed by atoms with van der Waals surface area (Å²) in [4.78, 5) is 26.1. The molecule has 0 bridgehead atoms. The second-order valence-electron chi connectivity index (χ2n) is 12.1. The molecule has 0 aromatic heterocycles. The molecule has 0 heterocycles. The maximum atomic E-state index is 13.1. The van der Waals surface area contributed by atoms with E-state index in [0.717, 1.165) is 27.9 Å². The Morgan fingerprint density at radius 3 is 2.28 bits per heavy atom. The van der Waals surface area contributed by atoms with Crippen LogP contribution in [-0.4, -0.2) is 42.1 Å². The molecule has 2 aliphatic rings. The van der Waals surface area contributed by atoms with E-state index in [2.05, 4.69) is 13.8 Å². The lowest BCUT2D eigenvalue weighted by Crippen LogP contribution is -2.35. The molecular formula is C33H46O5S. The Hall–Kier alpha value is -2.47. The zero-order valence-electron chi connectivity index (χ0n) is 25.0. The van der Waals surface area contributed by atoms with Crippen molar-refractivity contribution in [3.8, 4) is 5.75 Å². The molecule has 3 rings (SSSR count). The summed E-state index contributed by atoms with van der Waals surface area (Å²) in [6.45, 7) is 14.2. The lowest BCUT2D eigenvalue weighted by atomic mass is 9.66. The van der Waals surface area contributed by atoms with Crippen LogP contribution in [0.4, 0.5) is 0 Å². The number of ether oxygens (including phenoxy) is 3. The van der Waals surface area contributed by atoms with E-state index < -0.39 is 11.0 Å². The highest BCUT2D eigenvalue weighted by Crippen LogP contribution is 2.48. The van der Waals surface area contributed by atoms with E-state index in [-0.39, 0.29) is 17.7 Å². The van der Waals surface area contributed by atoms with Crippen LogP contribution in [0.5, 0.6) is 5.75 Å². The van der Waals surface area contributed by atoms with Gasteiger partial charge in [-0.25, -0.2) is 4.79 Å². The molecule has 1 atom stereocenters. The first kappa shape index (κ1) is 31.1. The van der Waals surface area contributed by atoms with Gasteiger partial charge in [-0.3, -0.25) is 4.79 Å². The average Bonchev–Trinajstić information content (AvgIpc) is 2.88. The molecule has 1 saturated carbocycles. The highest BCUT2D eigenvalue weighted by atomic mass is 32.2. The summed E-state index contributed by atoms with van der Waals surface area (Å²) in [5, 5.41) is 0.781. The third-order valence-electron chi connectivity index (χ3n) is 7.81. The first-order valence-electron chi connectivity index (χ1n) is 14.1. The van der Waals surface area contributed by atoms with E-state index in [1.165, 1.54) is 32.1 Å². The zero-order valence-corrected chi connectivity index (χ0v) is 25.8. The third kappa shape index (κ3) is 8.03. The predicted octanol–water partition coefficient (Wildman–Crippen LogP) is 8.10. The SMILES string of the molecule is COC1=C(C)C(C(=O)OC(C)(C)C)=C(C)C(C)(C)C1C=CC(=O)c1ccc(OCCSC2CCCCC2)cc1. The average molecular weight is 555 g/mol. The van der Waals surface area contributed by atoms with Crippen molar-refractivity contribution < 1.29 is 23.8 Å². The Labute approximate surface area is 239 Å². The minimum atomic E-state index is -0.598. The lowest BCUT2D eigenvalue weighted by Gasteiger charge is -2.40. The van der Waals surface area contributed by atoms with Crippen LogP contribution in [0.1, 0.15) is 90.9 Å². The van der Waals surface area contributed by atoms with Gasteiger partial charge in [-0.15, -0.1) is 0 Å². The van der Waals surface area contributed by atoms with Gasteiger partial charge in [0.25, 0.3) is 0 Å². The molecule has 1 aromatic carbocycles. The molecule has 0 N–H and O–H groups in total. The molecule has 39 heavy (non-hydrogen) atoms. The molecule has 6 heteroatoms. The first-order chi connectivity index (χ1) is 18.3. The summed E-state index contributed by atoms with van der Waals surface area (Å²) >= 11 is 2.02. The minimum Gasteiger partial charge on any atom is -0.500 e. The number of carbonyl (C=O) groups excluding carboxylic acids is 2. The van der Waals surface area contributed by atoms with E-state index in [9.17, 15) is 9.59 Å². The van der Waals surface area contributed by atoms with Gasteiger partial charge in [0.15, 0.2) is 5.78 Å². The quantitative estimate of drug-likeness (QED) is 0.126. The topological polar surface area (TPSA) is 61.8 Å². The first-order valence-corrected chi connectivity index (χ1v) is 15.2. The summed E-state index contributed by atoms with van der Waals surface area (Å²) in [6.07, 6.45) is 10.2. The van der Waals surface area contributed by atoms with E-state index in [1.807, 2.05) is 76.7 Å². The normalized spacial score (nSPS) is 20.4. The van der Waals surface area contributed by atoms with Crippen LogP contribution in [0, 0.1) is 11.3 Å². The van der Waals surface area contributed by atoms with Crippen LogP contribution < -0.4 is 4.74 Å². The predicted molar refractivity (Wildman–Crippen MR) is 160 cm³/mol. The molecule has 0 amide bonds.